The first-order valence-electron chi connectivity index (χ1n) is 8.95. The maximum absolute atomic E-state index is 12.3. The highest BCUT2D eigenvalue weighted by atomic mass is 16.1. The molecule has 1 aromatic carbocycles. The minimum Gasteiger partial charge on any atom is -0.370 e. The molecule has 2 aromatic heterocycles. The van der Waals surface area contributed by atoms with Crippen molar-refractivity contribution in [3.63, 3.8) is 0 Å². The van der Waals surface area contributed by atoms with Gasteiger partial charge in [-0.3, -0.25) is 4.79 Å². The molecule has 0 unspecified atom stereocenters. The summed E-state index contributed by atoms with van der Waals surface area (Å²) in [6.07, 6.45) is 5.12. The van der Waals surface area contributed by atoms with Crippen LogP contribution in [-0.4, -0.2) is 33.9 Å². The number of carbonyl (C=O) groups excluding carboxylic acids is 1. The van der Waals surface area contributed by atoms with Crippen LogP contribution in [0.3, 0.4) is 0 Å². The molecule has 0 fully saturated rings. The molecule has 7 heteroatoms. The van der Waals surface area contributed by atoms with E-state index in [1.807, 2.05) is 36.4 Å². The number of hydrogen-bond donors (Lipinski definition) is 3. The summed E-state index contributed by atoms with van der Waals surface area (Å²) in [7, 11) is 0. The Kier molecular flexibility index (Phi) is 4.91. The Hall–Kier alpha value is -3.48. The second-order valence-corrected chi connectivity index (χ2v) is 6.31. The van der Waals surface area contributed by atoms with Gasteiger partial charge in [-0.2, -0.15) is 0 Å². The Morgan fingerprint density at radius 3 is 2.63 bits per heavy atom. The third-order valence-corrected chi connectivity index (χ3v) is 4.32. The predicted octanol–water partition coefficient (Wildman–Crippen LogP) is 3.22. The van der Waals surface area contributed by atoms with Gasteiger partial charge in [-0.05, 0) is 43.2 Å². The highest BCUT2D eigenvalue weighted by Crippen LogP contribution is 2.23. The van der Waals surface area contributed by atoms with Gasteiger partial charge in [0.15, 0.2) is 0 Å². The number of rotatable bonds is 0. The molecule has 0 spiro atoms. The van der Waals surface area contributed by atoms with E-state index in [2.05, 4.69) is 30.9 Å². The van der Waals surface area contributed by atoms with Crippen LogP contribution in [0.4, 0.5) is 17.3 Å². The second kappa shape index (κ2) is 7.82. The summed E-state index contributed by atoms with van der Waals surface area (Å²) in [4.78, 5) is 25.4. The first-order chi connectivity index (χ1) is 13.3. The van der Waals surface area contributed by atoms with Crippen LogP contribution >= 0.6 is 0 Å². The lowest BCUT2D eigenvalue weighted by Crippen LogP contribution is -2.24. The quantitative estimate of drug-likeness (QED) is 0.570. The van der Waals surface area contributed by atoms with Crippen LogP contribution in [0.25, 0.3) is 11.3 Å². The summed E-state index contributed by atoms with van der Waals surface area (Å²) in [5.41, 5.74) is 3.19. The maximum Gasteiger partial charge on any atom is 0.251 e. The van der Waals surface area contributed by atoms with E-state index in [4.69, 9.17) is 0 Å². The molecule has 1 aliphatic rings. The van der Waals surface area contributed by atoms with Crippen LogP contribution in [0.15, 0.2) is 55.0 Å². The minimum atomic E-state index is -0.0763. The molecule has 6 bridgehead atoms. The number of carbonyl (C=O) groups is 1. The fourth-order valence-corrected chi connectivity index (χ4v) is 2.93. The molecule has 7 nitrogen and oxygen atoms in total. The zero-order valence-corrected chi connectivity index (χ0v) is 14.8. The van der Waals surface area contributed by atoms with Crippen molar-refractivity contribution < 1.29 is 4.79 Å². The van der Waals surface area contributed by atoms with Crippen LogP contribution in [-0.2, 0) is 0 Å². The molecular formula is C20H20N6O. The summed E-state index contributed by atoms with van der Waals surface area (Å²) in [6, 6.07) is 13.2. The first-order valence-corrected chi connectivity index (χ1v) is 8.95. The van der Waals surface area contributed by atoms with E-state index in [1.54, 1.807) is 12.3 Å². The van der Waals surface area contributed by atoms with E-state index in [-0.39, 0.29) is 5.91 Å². The lowest BCUT2D eigenvalue weighted by molar-refractivity contribution is 0.0953. The van der Waals surface area contributed by atoms with E-state index in [0.717, 1.165) is 42.1 Å². The number of amides is 1. The Labute approximate surface area is 157 Å². The number of aromatic nitrogens is 3. The zero-order chi connectivity index (χ0) is 18.5. The van der Waals surface area contributed by atoms with Gasteiger partial charge in [0.25, 0.3) is 5.91 Å². The lowest BCUT2D eigenvalue weighted by atomic mass is 10.1. The van der Waals surface area contributed by atoms with Gasteiger partial charge < -0.3 is 16.0 Å². The van der Waals surface area contributed by atoms with E-state index in [1.165, 1.54) is 6.33 Å². The third kappa shape index (κ3) is 4.20. The molecule has 0 atom stereocenters. The van der Waals surface area contributed by atoms with Gasteiger partial charge in [0.2, 0.25) is 0 Å². The van der Waals surface area contributed by atoms with E-state index in [0.29, 0.717) is 17.9 Å². The van der Waals surface area contributed by atoms with E-state index >= 15 is 0 Å². The summed E-state index contributed by atoms with van der Waals surface area (Å²) in [5, 5.41) is 9.53. The second-order valence-electron chi connectivity index (χ2n) is 6.31. The van der Waals surface area contributed by atoms with Crippen molar-refractivity contribution in [1.82, 2.24) is 20.3 Å². The van der Waals surface area contributed by atoms with Gasteiger partial charge in [-0.25, -0.2) is 15.0 Å². The summed E-state index contributed by atoms with van der Waals surface area (Å²) >= 11 is 0. The molecule has 0 saturated carbocycles. The van der Waals surface area contributed by atoms with Gasteiger partial charge in [-0.15, -0.1) is 0 Å². The highest BCUT2D eigenvalue weighted by molar-refractivity contribution is 5.95. The topological polar surface area (TPSA) is 91.8 Å². The number of benzene rings is 1. The van der Waals surface area contributed by atoms with Crippen LogP contribution in [0.2, 0.25) is 0 Å². The average molecular weight is 360 g/mol. The Bertz CT molecular complexity index is 958. The third-order valence-electron chi connectivity index (χ3n) is 4.32. The summed E-state index contributed by atoms with van der Waals surface area (Å²) in [6.45, 7) is 1.43. The van der Waals surface area contributed by atoms with Crippen LogP contribution < -0.4 is 16.0 Å². The SMILES string of the molecule is O=C1NCCCCNc2cc(ccn2)-c2cc(ncn2)Nc2cccc1c2. The van der Waals surface area contributed by atoms with Crippen molar-refractivity contribution in [2.75, 3.05) is 23.7 Å². The van der Waals surface area contributed by atoms with Gasteiger partial charge >= 0.3 is 0 Å². The van der Waals surface area contributed by atoms with Crippen molar-refractivity contribution in [2.45, 2.75) is 12.8 Å². The number of fused-ring (bicyclic) bond motifs is 7. The molecular weight excluding hydrogens is 340 g/mol. The largest absolute Gasteiger partial charge is 0.370 e. The highest BCUT2D eigenvalue weighted by Gasteiger charge is 2.08. The van der Waals surface area contributed by atoms with Gasteiger partial charge in [0, 0.05) is 42.2 Å². The van der Waals surface area contributed by atoms with Gasteiger partial charge in [-0.1, -0.05) is 6.07 Å². The molecule has 27 heavy (non-hydrogen) atoms. The molecule has 4 rings (SSSR count). The monoisotopic (exact) mass is 360 g/mol. The first kappa shape index (κ1) is 17.0. The van der Waals surface area contributed by atoms with E-state index < -0.39 is 0 Å². The summed E-state index contributed by atoms with van der Waals surface area (Å²) in [5.74, 6) is 1.39. The van der Waals surface area contributed by atoms with Gasteiger partial charge in [0.05, 0.1) is 5.69 Å². The minimum absolute atomic E-state index is 0.0763. The molecule has 0 radical (unpaired) electrons. The number of pyridine rings is 1. The predicted molar refractivity (Wildman–Crippen MR) is 105 cm³/mol. The standard InChI is InChI=1S/C20H20N6O/c27-20-15-4-3-5-16(10-15)26-19-12-17(24-13-25-19)14-6-9-22-18(11-14)21-7-1-2-8-23-20/h3-6,9-13H,1-2,7-8H2,(H,21,22)(H,23,27)(H,24,25,26). The Morgan fingerprint density at radius 1 is 0.815 bits per heavy atom. The normalized spacial score (nSPS) is 14.3. The maximum atomic E-state index is 12.3. The molecule has 0 aliphatic carbocycles. The van der Waals surface area contributed by atoms with Crippen LogP contribution in [0.5, 0.6) is 0 Å². The number of nitrogens with one attached hydrogen (secondary N) is 3. The van der Waals surface area contributed by atoms with Crippen molar-refractivity contribution in [3.05, 3.63) is 60.6 Å². The number of nitrogens with zero attached hydrogens (tertiary/aromatic N) is 3. The molecule has 3 aromatic rings. The molecule has 136 valence electrons. The Balaban J connectivity index is 1.69. The fraction of sp³-hybridized carbons (Fsp3) is 0.200. The molecule has 3 N–H and O–H groups in total. The van der Waals surface area contributed by atoms with Crippen molar-refractivity contribution in [1.29, 1.82) is 0 Å². The number of hydrogen-bond acceptors (Lipinski definition) is 6. The van der Waals surface area contributed by atoms with Crippen LogP contribution in [0.1, 0.15) is 23.2 Å². The zero-order valence-electron chi connectivity index (χ0n) is 14.8. The average Bonchev–Trinajstić information content (AvgIpc) is 2.70. The fourth-order valence-electron chi connectivity index (χ4n) is 2.93. The molecule has 3 heterocycles. The van der Waals surface area contributed by atoms with Crippen molar-refractivity contribution in [2.24, 2.45) is 0 Å². The van der Waals surface area contributed by atoms with E-state index in [9.17, 15) is 4.79 Å². The molecule has 1 amide bonds. The number of anilines is 3. The lowest BCUT2D eigenvalue weighted by Gasteiger charge is -2.09. The molecule has 0 saturated heterocycles. The van der Waals surface area contributed by atoms with Crippen molar-refractivity contribution in [3.8, 4) is 11.3 Å². The van der Waals surface area contributed by atoms with Gasteiger partial charge in [0.1, 0.15) is 18.0 Å². The Morgan fingerprint density at radius 2 is 1.70 bits per heavy atom. The summed E-state index contributed by atoms with van der Waals surface area (Å²) < 4.78 is 0. The smallest absolute Gasteiger partial charge is 0.251 e. The molecule has 1 aliphatic heterocycles. The van der Waals surface area contributed by atoms with Crippen molar-refractivity contribution >= 4 is 23.2 Å². The van der Waals surface area contributed by atoms with Crippen LogP contribution in [0, 0.1) is 0 Å².